The molecule has 152 valence electrons. The topological polar surface area (TPSA) is 101 Å². The Morgan fingerprint density at radius 1 is 1.37 bits per heavy atom. The molecule has 1 amide bonds. The summed E-state index contributed by atoms with van der Waals surface area (Å²) in [5.74, 6) is 0.150. The van der Waals surface area contributed by atoms with Crippen LogP contribution in [-0.2, 0) is 4.43 Å². The molecule has 1 aromatic rings. The molecule has 0 saturated carbocycles. The van der Waals surface area contributed by atoms with Crippen LogP contribution in [0.25, 0.3) is 0 Å². The molecule has 1 saturated heterocycles. The Kier molecular flexibility index (Phi) is 6.11. The van der Waals surface area contributed by atoms with Gasteiger partial charge in [-0.15, -0.1) is 0 Å². The zero-order chi connectivity index (χ0) is 20.6. The van der Waals surface area contributed by atoms with Crippen LogP contribution in [0.2, 0.25) is 18.1 Å². The number of rotatable bonds is 4. The van der Waals surface area contributed by atoms with Gasteiger partial charge >= 0.3 is 6.09 Å². The monoisotopic (exact) mass is 394 g/mol. The fraction of sp³-hybridized carbons (Fsp3) is 0.684. The summed E-state index contributed by atoms with van der Waals surface area (Å²) in [6.07, 6.45) is 2.23. The Balaban J connectivity index is 2.32. The lowest BCUT2D eigenvalue weighted by atomic mass is 9.91. The van der Waals surface area contributed by atoms with Gasteiger partial charge in [-0.05, 0) is 30.6 Å². The molecule has 1 fully saturated rings. The van der Waals surface area contributed by atoms with Crippen molar-refractivity contribution >= 4 is 25.8 Å². The van der Waals surface area contributed by atoms with Gasteiger partial charge in [-0.2, -0.15) is 0 Å². The summed E-state index contributed by atoms with van der Waals surface area (Å²) in [4.78, 5) is 17.7. The van der Waals surface area contributed by atoms with E-state index in [-0.39, 0.29) is 23.1 Å². The first-order valence-corrected chi connectivity index (χ1v) is 12.4. The zero-order valence-electron chi connectivity index (χ0n) is 17.5. The summed E-state index contributed by atoms with van der Waals surface area (Å²) >= 11 is 0. The lowest BCUT2D eigenvalue weighted by molar-refractivity contribution is 0.0722. The van der Waals surface area contributed by atoms with E-state index in [0.717, 1.165) is 17.8 Å². The fourth-order valence-electron chi connectivity index (χ4n) is 3.46. The Morgan fingerprint density at radius 2 is 2.00 bits per heavy atom. The number of pyridine rings is 1. The van der Waals surface area contributed by atoms with Crippen molar-refractivity contribution in [1.82, 2.24) is 10.3 Å². The number of piperidine rings is 1. The number of nitrogens with zero attached hydrogens (tertiary/aromatic N) is 2. The smallest absolute Gasteiger partial charge is 0.405 e. The van der Waals surface area contributed by atoms with Crippen LogP contribution in [0.1, 0.15) is 33.3 Å². The molecule has 1 aliphatic heterocycles. The molecule has 0 aliphatic carbocycles. The van der Waals surface area contributed by atoms with E-state index < -0.39 is 14.4 Å². The van der Waals surface area contributed by atoms with Crippen LogP contribution in [0.3, 0.4) is 0 Å². The van der Waals surface area contributed by atoms with Crippen molar-refractivity contribution in [3.63, 3.8) is 0 Å². The highest BCUT2D eigenvalue weighted by Crippen LogP contribution is 2.40. The van der Waals surface area contributed by atoms with Crippen LogP contribution in [0, 0.1) is 12.8 Å². The van der Waals surface area contributed by atoms with E-state index in [1.165, 1.54) is 0 Å². The second kappa shape index (κ2) is 7.67. The molecule has 4 N–H and O–H groups in total. The number of anilines is 2. The van der Waals surface area contributed by atoms with E-state index >= 15 is 0 Å². The van der Waals surface area contributed by atoms with Crippen molar-refractivity contribution in [1.29, 1.82) is 0 Å². The van der Waals surface area contributed by atoms with Crippen LogP contribution in [0.5, 0.6) is 0 Å². The van der Waals surface area contributed by atoms with Gasteiger partial charge in [0.25, 0.3) is 0 Å². The average Bonchev–Trinajstić information content (AvgIpc) is 2.49. The average molecular weight is 395 g/mol. The second-order valence-corrected chi connectivity index (χ2v) is 13.9. The molecular formula is C19H34N4O3Si. The summed E-state index contributed by atoms with van der Waals surface area (Å²) in [5.41, 5.74) is 8.70. The third kappa shape index (κ3) is 4.73. The van der Waals surface area contributed by atoms with Gasteiger partial charge in [-0.25, -0.2) is 4.79 Å². The number of nitrogens with two attached hydrogens (primary N) is 1. The molecule has 7 nitrogen and oxygen atoms in total. The van der Waals surface area contributed by atoms with Crippen LogP contribution in [0.15, 0.2) is 12.4 Å². The van der Waals surface area contributed by atoms with Crippen LogP contribution >= 0.6 is 0 Å². The first kappa shape index (κ1) is 21.5. The minimum absolute atomic E-state index is 0.0593. The lowest BCUT2D eigenvalue weighted by Gasteiger charge is -2.48. The molecule has 0 unspecified atom stereocenters. The summed E-state index contributed by atoms with van der Waals surface area (Å²) in [7, 11) is -2.04. The standard InChI is InChI=1S/C19H34N4O3Si/c1-12-8-21-9-14(20)16(12)23-10-13(2)17(15(11-23)22-18(24)25)26-27(6,7)19(3,4)5/h8-9,13,15,17,22H,10-11,20H2,1-7H3,(H,24,25)/t13-,15+,17-/m0/s1. The van der Waals surface area contributed by atoms with Gasteiger partial charge in [0.05, 0.1) is 29.7 Å². The molecule has 1 aromatic heterocycles. The molecule has 1 aliphatic rings. The van der Waals surface area contributed by atoms with E-state index in [2.05, 4.69) is 56.0 Å². The number of hydrogen-bond donors (Lipinski definition) is 3. The van der Waals surface area contributed by atoms with Gasteiger partial charge in [0.2, 0.25) is 0 Å². The molecule has 0 radical (unpaired) electrons. The van der Waals surface area contributed by atoms with Crippen molar-refractivity contribution < 1.29 is 14.3 Å². The minimum atomic E-state index is -2.04. The highest BCUT2D eigenvalue weighted by atomic mass is 28.4. The normalized spacial score (nSPS) is 24.0. The third-order valence-electron chi connectivity index (χ3n) is 5.87. The lowest BCUT2D eigenvalue weighted by Crippen LogP contribution is -2.62. The van der Waals surface area contributed by atoms with Gasteiger partial charge in [0.1, 0.15) is 0 Å². The number of carboxylic acid groups (broad SMARTS) is 1. The van der Waals surface area contributed by atoms with Crippen molar-refractivity contribution in [2.75, 3.05) is 23.7 Å². The highest BCUT2D eigenvalue weighted by molar-refractivity contribution is 6.74. The maximum atomic E-state index is 11.5. The van der Waals surface area contributed by atoms with Crippen molar-refractivity contribution in [3.05, 3.63) is 18.0 Å². The molecule has 0 aromatic carbocycles. The zero-order valence-corrected chi connectivity index (χ0v) is 18.5. The van der Waals surface area contributed by atoms with E-state index in [0.29, 0.717) is 12.2 Å². The first-order chi connectivity index (χ1) is 12.3. The highest BCUT2D eigenvalue weighted by Gasteiger charge is 2.45. The number of carbonyl (C=O) groups is 1. The Bertz CT molecular complexity index is 670. The Morgan fingerprint density at radius 3 is 2.52 bits per heavy atom. The first-order valence-electron chi connectivity index (χ1n) is 9.46. The summed E-state index contributed by atoms with van der Waals surface area (Å²) in [6.45, 7) is 16.4. The number of hydrogen-bond acceptors (Lipinski definition) is 5. The summed E-state index contributed by atoms with van der Waals surface area (Å²) in [6, 6.07) is -0.327. The van der Waals surface area contributed by atoms with Crippen LogP contribution in [-0.4, -0.2) is 49.7 Å². The fourth-order valence-corrected chi connectivity index (χ4v) is 4.89. The van der Waals surface area contributed by atoms with E-state index in [1.807, 2.05) is 6.92 Å². The van der Waals surface area contributed by atoms with Crippen molar-refractivity contribution in [3.8, 4) is 0 Å². The number of nitrogen functional groups attached to an aromatic ring is 1. The summed E-state index contributed by atoms with van der Waals surface area (Å²) < 4.78 is 6.66. The van der Waals surface area contributed by atoms with Gasteiger partial charge in [0.15, 0.2) is 8.32 Å². The molecule has 8 heteroatoms. The van der Waals surface area contributed by atoms with E-state index in [4.69, 9.17) is 10.2 Å². The molecular weight excluding hydrogens is 360 g/mol. The molecule has 2 rings (SSSR count). The minimum Gasteiger partial charge on any atom is -0.465 e. The van der Waals surface area contributed by atoms with Gasteiger partial charge in [0, 0.05) is 25.2 Å². The SMILES string of the molecule is Cc1cncc(N)c1N1C[C@H](C)[C@H](O[Si](C)(C)C(C)(C)C)[C@H](NC(=O)O)C1. The molecule has 27 heavy (non-hydrogen) atoms. The van der Waals surface area contributed by atoms with Gasteiger partial charge < -0.3 is 25.5 Å². The molecule has 3 atom stereocenters. The largest absolute Gasteiger partial charge is 0.465 e. The predicted octanol–water partition coefficient (Wildman–Crippen LogP) is 3.45. The van der Waals surface area contributed by atoms with Crippen molar-refractivity contribution in [2.24, 2.45) is 5.92 Å². The quantitative estimate of drug-likeness (QED) is 0.676. The molecule has 0 spiro atoms. The molecule has 2 heterocycles. The molecule has 0 bridgehead atoms. The number of nitrogens with one attached hydrogen (secondary N) is 1. The van der Waals surface area contributed by atoms with Gasteiger partial charge in [-0.3, -0.25) is 4.98 Å². The van der Waals surface area contributed by atoms with E-state index in [9.17, 15) is 9.90 Å². The van der Waals surface area contributed by atoms with Crippen LogP contribution < -0.4 is 16.0 Å². The number of aryl methyl sites for hydroxylation is 1. The van der Waals surface area contributed by atoms with Crippen molar-refractivity contribution in [2.45, 2.75) is 64.9 Å². The second-order valence-electron chi connectivity index (χ2n) is 9.18. The Labute approximate surface area is 163 Å². The number of aromatic nitrogens is 1. The maximum Gasteiger partial charge on any atom is 0.405 e. The van der Waals surface area contributed by atoms with Gasteiger partial charge in [-0.1, -0.05) is 27.7 Å². The predicted molar refractivity (Wildman–Crippen MR) is 112 cm³/mol. The third-order valence-corrected chi connectivity index (χ3v) is 10.3. The summed E-state index contributed by atoms with van der Waals surface area (Å²) in [5, 5.41) is 12.1. The van der Waals surface area contributed by atoms with E-state index in [1.54, 1.807) is 12.4 Å². The Hall–Kier alpha value is -1.80. The number of amides is 1. The maximum absolute atomic E-state index is 11.5. The van der Waals surface area contributed by atoms with Crippen LogP contribution in [0.4, 0.5) is 16.2 Å².